The first-order chi connectivity index (χ1) is 9.39. The van der Waals surface area contributed by atoms with E-state index < -0.39 is 17.4 Å². The number of rotatable bonds is 7. The summed E-state index contributed by atoms with van der Waals surface area (Å²) in [7, 11) is 0. The topological polar surface area (TPSA) is 83.5 Å². The fraction of sp³-hybridized carbons (Fsp3) is 0.400. The predicted molar refractivity (Wildman–Crippen MR) is 74.5 cm³/mol. The first kappa shape index (κ1) is 15.9. The second-order valence-corrected chi connectivity index (χ2v) is 4.83. The molecule has 0 aromatic heterocycles. The van der Waals surface area contributed by atoms with Crippen LogP contribution in [0.3, 0.4) is 0 Å². The highest BCUT2D eigenvalue weighted by molar-refractivity contribution is 5.98. The van der Waals surface area contributed by atoms with Crippen LogP contribution in [0.2, 0.25) is 0 Å². The van der Waals surface area contributed by atoms with Gasteiger partial charge in [0.2, 0.25) is 5.91 Å². The Hall–Kier alpha value is -2.17. The number of benzene rings is 1. The van der Waals surface area contributed by atoms with E-state index in [2.05, 4.69) is 5.32 Å². The van der Waals surface area contributed by atoms with Gasteiger partial charge in [-0.1, -0.05) is 37.3 Å². The summed E-state index contributed by atoms with van der Waals surface area (Å²) in [6, 6.07) is 8.70. The Balaban J connectivity index is 2.52. The second-order valence-electron chi connectivity index (χ2n) is 4.83. The molecule has 0 heterocycles. The molecule has 0 radical (unpaired) electrons. The molecule has 1 amide bonds. The van der Waals surface area contributed by atoms with E-state index in [1.807, 2.05) is 6.07 Å². The van der Waals surface area contributed by atoms with Crippen LogP contribution >= 0.6 is 0 Å². The van der Waals surface area contributed by atoms with Gasteiger partial charge in [-0.05, 0) is 13.3 Å². The lowest BCUT2D eigenvalue weighted by molar-refractivity contribution is -0.147. The lowest BCUT2D eigenvalue weighted by Crippen LogP contribution is -2.51. The van der Waals surface area contributed by atoms with Crippen LogP contribution in [0.15, 0.2) is 30.3 Å². The van der Waals surface area contributed by atoms with E-state index in [9.17, 15) is 14.4 Å². The number of carbonyl (C=O) groups is 3. The summed E-state index contributed by atoms with van der Waals surface area (Å²) in [5, 5.41) is 11.5. The van der Waals surface area contributed by atoms with Gasteiger partial charge in [0.25, 0.3) is 0 Å². The summed E-state index contributed by atoms with van der Waals surface area (Å²) in [6.45, 7) is 3.13. The molecule has 1 rings (SSSR count). The molecule has 5 nitrogen and oxygen atoms in total. The van der Waals surface area contributed by atoms with Gasteiger partial charge < -0.3 is 10.4 Å². The first-order valence-corrected chi connectivity index (χ1v) is 6.51. The molecule has 1 aromatic carbocycles. The summed E-state index contributed by atoms with van der Waals surface area (Å²) in [5.41, 5.74) is -0.732. The molecule has 5 heteroatoms. The maximum absolute atomic E-state index is 11.8. The van der Waals surface area contributed by atoms with Crippen molar-refractivity contribution in [3.05, 3.63) is 35.9 Å². The van der Waals surface area contributed by atoms with Gasteiger partial charge in [0.05, 0.1) is 0 Å². The Bertz CT molecular complexity index is 498. The molecule has 1 aromatic rings. The van der Waals surface area contributed by atoms with Crippen molar-refractivity contribution in [1.82, 2.24) is 5.32 Å². The van der Waals surface area contributed by atoms with Gasteiger partial charge in [-0.3, -0.25) is 9.59 Å². The average Bonchev–Trinajstić information content (AvgIpc) is 2.45. The Labute approximate surface area is 118 Å². The highest BCUT2D eigenvalue weighted by Gasteiger charge is 2.32. The van der Waals surface area contributed by atoms with Gasteiger partial charge in [0.15, 0.2) is 5.78 Å². The third-order valence-corrected chi connectivity index (χ3v) is 3.27. The molecule has 0 saturated carbocycles. The minimum Gasteiger partial charge on any atom is -0.480 e. The van der Waals surface area contributed by atoms with Crippen LogP contribution < -0.4 is 5.32 Å². The maximum Gasteiger partial charge on any atom is 0.329 e. The SMILES string of the molecule is CCC(C)(NC(=O)CCC(=O)c1ccccc1)C(=O)O. The Morgan fingerprint density at radius 1 is 1.15 bits per heavy atom. The number of hydrogen-bond acceptors (Lipinski definition) is 3. The number of carboxylic acids is 1. The van der Waals surface area contributed by atoms with Crippen molar-refractivity contribution in [2.75, 3.05) is 0 Å². The summed E-state index contributed by atoms with van der Waals surface area (Å²) >= 11 is 0. The lowest BCUT2D eigenvalue weighted by atomic mass is 9.98. The molecular formula is C15H19NO4. The largest absolute Gasteiger partial charge is 0.480 e. The van der Waals surface area contributed by atoms with Crippen molar-refractivity contribution in [3.63, 3.8) is 0 Å². The van der Waals surface area contributed by atoms with Gasteiger partial charge >= 0.3 is 5.97 Å². The number of Topliss-reactive ketones (excluding diaryl/α,β-unsaturated/α-hetero) is 1. The van der Waals surface area contributed by atoms with Crippen molar-refractivity contribution < 1.29 is 19.5 Å². The van der Waals surface area contributed by atoms with Gasteiger partial charge in [0.1, 0.15) is 5.54 Å². The van der Waals surface area contributed by atoms with E-state index in [4.69, 9.17) is 5.11 Å². The molecule has 0 saturated heterocycles. The maximum atomic E-state index is 11.8. The van der Waals surface area contributed by atoms with E-state index in [0.29, 0.717) is 5.56 Å². The van der Waals surface area contributed by atoms with E-state index in [1.54, 1.807) is 31.2 Å². The van der Waals surface area contributed by atoms with Gasteiger partial charge in [-0.2, -0.15) is 0 Å². The number of hydrogen-bond donors (Lipinski definition) is 2. The van der Waals surface area contributed by atoms with E-state index in [1.165, 1.54) is 6.92 Å². The number of carboxylic acid groups (broad SMARTS) is 1. The van der Waals surface area contributed by atoms with Crippen LogP contribution in [0.4, 0.5) is 0 Å². The molecule has 1 unspecified atom stereocenters. The summed E-state index contributed by atoms with van der Waals surface area (Å²) in [5.74, 6) is -1.64. The van der Waals surface area contributed by atoms with Crippen molar-refractivity contribution >= 4 is 17.7 Å². The smallest absolute Gasteiger partial charge is 0.329 e. The van der Waals surface area contributed by atoms with Crippen LogP contribution in [-0.4, -0.2) is 28.3 Å². The molecular weight excluding hydrogens is 258 g/mol. The minimum atomic E-state index is -1.28. The normalized spacial score (nSPS) is 13.3. The fourth-order valence-electron chi connectivity index (χ4n) is 1.66. The number of aliphatic carboxylic acids is 1. The highest BCUT2D eigenvalue weighted by atomic mass is 16.4. The molecule has 1 atom stereocenters. The zero-order chi connectivity index (χ0) is 15.2. The minimum absolute atomic E-state index is 0.0173. The van der Waals surface area contributed by atoms with E-state index in [-0.39, 0.29) is 25.0 Å². The second kappa shape index (κ2) is 6.84. The summed E-state index contributed by atoms with van der Waals surface area (Å²) in [6.07, 6.45) is 0.326. The molecule has 108 valence electrons. The fourth-order valence-corrected chi connectivity index (χ4v) is 1.66. The Morgan fingerprint density at radius 2 is 1.75 bits per heavy atom. The number of nitrogens with one attached hydrogen (secondary N) is 1. The lowest BCUT2D eigenvalue weighted by Gasteiger charge is -2.24. The van der Waals surface area contributed by atoms with Crippen molar-refractivity contribution in [3.8, 4) is 0 Å². The van der Waals surface area contributed by atoms with Crippen molar-refractivity contribution in [2.45, 2.75) is 38.6 Å². The summed E-state index contributed by atoms with van der Waals surface area (Å²) in [4.78, 5) is 34.6. The van der Waals surface area contributed by atoms with Gasteiger partial charge in [-0.15, -0.1) is 0 Å². The standard InChI is InChI=1S/C15H19NO4/c1-3-15(2,14(19)20)16-13(18)10-9-12(17)11-7-5-4-6-8-11/h4-8H,3,9-10H2,1-2H3,(H,16,18)(H,19,20). The quantitative estimate of drug-likeness (QED) is 0.747. The van der Waals surface area contributed by atoms with E-state index >= 15 is 0 Å². The highest BCUT2D eigenvalue weighted by Crippen LogP contribution is 2.11. The van der Waals surface area contributed by atoms with E-state index in [0.717, 1.165) is 0 Å². The zero-order valence-electron chi connectivity index (χ0n) is 11.7. The van der Waals surface area contributed by atoms with Crippen molar-refractivity contribution in [2.24, 2.45) is 0 Å². The molecule has 0 aliphatic carbocycles. The van der Waals surface area contributed by atoms with Crippen LogP contribution in [0.1, 0.15) is 43.5 Å². The van der Waals surface area contributed by atoms with Crippen LogP contribution in [0.25, 0.3) is 0 Å². The molecule has 0 spiro atoms. The zero-order valence-corrected chi connectivity index (χ0v) is 11.7. The van der Waals surface area contributed by atoms with Crippen LogP contribution in [-0.2, 0) is 9.59 Å². The number of carbonyl (C=O) groups excluding carboxylic acids is 2. The molecule has 20 heavy (non-hydrogen) atoms. The average molecular weight is 277 g/mol. The van der Waals surface area contributed by atoms with Gasteiger partial charge in [-0.25, -0.2) is 4.79 Å². The van der Waals surface area contributed by atoms with Crippen molar-refractivity contribution in [1.29, 1.82) is 0 Å². The predicted octanol–water partition coefficient (Wildman–Crippen LogP) is 2.02. The van der Waals surface area contributed by atoms with Crippen LogP contribution in [0, 0.1) is 0 Å². The van der Waals surface area contributed by atoms with Gasteiger partial charge in [0, 0.05) is 18.4 Å². The molecule has 0 fully saturated rings. The molecule has 0 aliphatic rings. The monoisotopic (exact) mass is 277 g/mol. The number of ketones is 1. The first-order valence-electron chi connectivity index (χ1n) is 6.51. The Kier molecular flexibility index (Phi) is 5.43. The Morgan fingerprint density at radius 3 is 2.25 bits per heavy atom. The van der Waals surface area contributed by atoms with Crippen LogP contribution in [0.5, 0.6) is 0 Å². The molecule has 2 N–H and O–H groups in total. The molecule has 0 bridgehead atoms. The third kappa shape index (κ3) is 4.19. The summed E-state index contributed by atoms with van der Waals surface area (Å²) < 4.78 is 0. The number of amides is 1. The third-order valence-electron chi connectivity index (χ3n) is 3.27. The molecule has 0 aliphatic heterocycles.